The van der Waals surface area contributed by atoms with Gasteiger partial charge in [-0.05, 0) is 24.8 Å². The molecule has 0 radical (unpaired) electrons. The molecule has 1 aromatic heterocycles. The van der Waals surface area contributed by atoms with E-state index in [-0.39, 0.29) is 18.4 Å². The van der Waals surface area contributed by atoms with Crippen LogP contribution in [0.5, 0.6) is 0 Å². The van der Waals surface area contributed by atoms with Crippen LogP contribution in [0.15, 0.2) is 17.5 Å². The lowest BCUT2D eigenvalue weighted by Gasteiger charge is -2.24. The summed E-state index contributed by atoms with van der Waals surface area (Å²) in [5.74, 6) is -1.07. The van der Waals surface area contributed by atoms with Gasteiger partial charge in [-0.25, -0.2) is 0 Å². The molecule has 21 heavy (non-hydrogen) atoms. The molecule has 1 rings (SSSR count). The van der Waals surface area contributed by atoms with Gasteiger partial charge in [-0.15, -0.1) is 11.3 Å². The van der Waals surface area contributed by atoms with Gasteiger partial charge in [-0.3, -0.25) is 14.4 Å². The topological polar surface area (TPSA) is 75.7 Å². The molecule has 0 saturated heterocycles. The number of carbonyl (C=O) groups excluding carboxylic acids is 3. The second-order valence-corrected chi connectivity index (χ2v) is 5.46. The minimum Gasteiger partial charge on any atom is -0.468 e. The van der Waals surface area contributed by atoms with Crippen LogP contribution in [0.25, 0.3) is 0 Å². The van der Waals surface area contributed by atoms with Crippen molar-refractivity contribution in [2.24, 2.45) is 0 Å². The second-order valence-electron chi connectivity index (χ2n) is 4.51. The highest BCUT2D eigenvalue weighted by molar-refractivity contribution is 7.12. The van der Waals surface area contributed by atoms with Gasteiger partial charge >= 0.3 is 5.97 Å². The van der Waals surface area contributed by atoms with E-state index in [1.54, 1.807) is 24.4 Å². The molecular weight excluding hydrogens is 292 g/mol. The van der Waals surface area contributed by atoms with Crippen molar-refractivity contribution in [3.63, 3.8) is 0 Å². The average molecular weight is 312 g/mol. The van der Waals surface area contributed by atoms with E-state index in [0.29, 0.717) is 17.8 Å². The number of hydrogen-bond donors (Lipinski definition) is 1. The number of carbonyl (C=O) groups is 3. The Morgan fingerprint density at radius 3 is 2.67 bits per heavy atom. The molecule has 0 aliphatic heterocycles. The third-order valence-electron chi connectivity index (χ3n) is 2.82. The van der Waals surface area contributed by atoms with E-state index < -0.39 is 12.0 Å². The van der Waals surface area contributed by atoms with Crippen molar-refractivity contribution in [2.75, 3.05) is 20.2 Å². The fourth-order valence-corrected chi connectivity index (χ4v) is 2.40. The van der Waals surface area contributed by atoms with Crippen molar-refractivity contribution >= 4 is 29.1 Å². The van der Waals surface area contributed by atoms with Crippen LogP contribution >= 0.6 is 11.3 Å². The highest BCUT2D eigenvalue weighted by Gasteiger charge is 2.24. The molecule has 1 aromatic rings. The van der Waals surface area contributed by atoms with Gasteiger partial charge in [0.15, 0.2) is 0 Å². The van der Waals surface area contributed by atoms with E-state index in [1.807, 2.05) is 6.92 Å². The zero-order chi connectivity index (χ0) is 15.8. The third kappa shape index (κ3) is 5.18. The standard InChI is InChI=1S/C14H20N2O4S/c1-4-7-16(9-12(17)20-3)14(19)10(2)15-13(18)11-6-5-8-21-11/h5-6,8,10H,4,7,9H2,1-3H3,(H,15,18). The van der Waals surface area contributed by atoms with Crippen LogP contribution in [-0.4, -0.2) is 48.9 Å². The van der Waals surface area contributed by atoms with Gasteiger partial charge in [-0.2, -0.15) is 0 Å². The van der Waals surface area contributed by atoms with Gasteiger partial charge in [0.1, 0.15) is 12.6 Å². The minimum absolute atomic E-state index is 0.109. The van der Waals surface area contributed by atoms with Gasteiger partial charge in [0, 0.05) is 6.54 Å². The molecule has 1 N–H and O–H groups in total. The molecule has 0 fully saturated rings. The van der Waals surface area contributed by atoms with Crippen LogP contribution in [-0.2, 0) is 14.3 Å². The summed E-state index contributed by atoms with van der Waals surface area (Å²) in [5, 5.41) is 4.43. The summed E-state index contributed by atoms with van der Waals surface area (Å²) in [6.07, 6.45) is 0.717. The number of nitrogens with one attached hydrogen (secondary N) is 1. The Kier molecular flexibility index (Phi) is 6.87. The van der Waals surface area contributed by atoms with Crippen molar-refractivity contribution in [2.45, 2.75) is 26.3 Å². The van der Waals surface area contributed by atoms with Crippen LogP contribution < -0.4 is 5.32 Å². The maximum Gasteiger partial charge on any atom is 0.325 e. The molecule has 0 aliphatic rings. The summed E-state index contributed by atoms with van der Waals surface area (Å²) < 4.78 is 4.58. The first-order chi connectivity index (χ1) is 9.99. The molecule has 1 heterocycles. The normalized spacial score (nSPS) is 11.6. The van der Waals surface area contributed by atoms with E-state index in [9.17, 15) is 14.4 Å². The van der Waals surface area contributed by atoms with E-state index in [1.165, 1.54) is 23.3 Å². The summed E-state index contributed by atoms with van der Waals surface area (Å²) in [6.45, 7) is 3.84. The highest BCUT2D eigenvalue weighted by Crippen LogP contribution is 2.08. The largest absolute Gasteiger partial charge is 0.468 e. The van der Waals surface area contributed by atoms with E-state index in [0.717, 1.165) is 0 Å². The van der Waals surface area contributed by atoms with Gasteiger partial charge in [0.2, 0.25) is 5.91 Å². The predicted octanol–water partition coefficient (Wildman–Crippen LogP) is 1.28. The second kappa shape index (κ2) is 8.41. The number of rotatable bonds is 7. The van der Waals surface area contributed by atoms with Crippen LogP contribution in [0.3, 0.4) is 0 Å². The lowest BCUT2D eigenvalue weighted by atomic mass is 10.2. The van der Waals surface area contributed by atoms with Crippen molar-refractivity contribution in [1.29, 1.82) is 0 Å². The molecule has 0 spiro atoms. The third-order valence-corrected chi connectivity index (χ3v) is 3.68. The fraction of sp³-hybridized carbons (Fsp3) is 0.500. The van der Waals surface area contributed by atoms with Crippen molar-refractivity contribution in [3.8, 4) is 0 Å². The molecule has 7 heteroatoms. The Bertz CT molecular complexity index is 487. The lowest BCUT2D eigenvalue weighted by Crippen LogP contribution is -2.48. The summed E-state index contributed by atoms with van der Waals surface area (Å²) in [4.78, 5) is 37.5. The number of esters is 1. The fourth-order valence-electron chi connectivity index (χ4n) is 1.77. The zero-order valence-electron chi connectivity index (χ0n) is 12.4. The maximum atomic E-state index is 12.3. The van der Waals surface area contributed by atoms with Crippen molar-refractivity contribution in [1.82, 2.24) is 10.2 Å². The Balaban J connectivity index is 2.64. The molecule has 6 nitrogen and oxygen atoms in total. The van der Waals surface area contributed by atoms with Gasteiger partial charge in [0.25, 0.3) is 5.91 Å². The quantitative estimate of drug-likeness (QED) is 0.770. The van der Waals surface area contributed by atoms with Crippen molar-refractivity contribution < 1.29 is 19.1 Å². The number of ether oxygens (including phenoxy) is 1. The molecule has 0 aromatic carbocycles. The van der Waals surface area contributed by atoms with Crippen LogP contribution in [0.2, 0.25) is 0 Å². The molecule has 0 bridgehead atoms. The Morgan fingerprint density at radius 2 is 2.14 bits per heavy atom. The average Bonchev–Trinajstić information content (AvgIpc) is 3.00. The van der Waals surface area contributed by atoms with E-state index in [4.69, 9.17) is 0 Å². The highest BCUT2D eigenvalue weighted by atomic mass is 32.1. The minimum atomic E-state index is -0.698. The number of nitrogens with zero attached hydrogens (tertiary/aromatic N) is 1. The van der Waals surface area contributed by atoms with Gasteiger partial charge < -0.3 is 15.0 Å². The van der Waals surface area contributed by atoms with Gasteiger partial charge in [0.05, 0.1) is 12.0 Å². The molecular formula is C14H20N2O4S. The first-order valence-electron chi connectivity index (χ1n) is 6.69. The number of hydrogen-bond acceptors (Lipinski definition) is 5. The predicted molar refractivity (Wildman–Crippen MR) is 80.1 cm³/mol. The lowest BCUT2D eigenvalue weighted by molar-refractivity contribution is -0.147. The molecule has 0 aliphatic carbocycles. The van der Waals surface area contributed by atoms with Crippen molar-refractivity contribution in [3.05, 3.63) is 22.4 Å². The van der Waals surface area contributed by atoms with E-state index in [2.05, 4.69) is 10.1 Å². The van der Waals surface area contributed by atoms with Crippen LogP contribution in [0.4, 0.5) is 0 Å². The summed E-state index contributed by atoms with van der Waals surface area (Å²) in [5.41, 5.74) is 0. The number of amides is 2. The SMILES string of the molecule is CCCN(CC(=O)OC)C(=O)C(C)NC(=O)c1cccs1. The Morgan fingerprint density at radius 1 is 1.43 bits per heavy atom. The van der Waals surface area contributed by atoms with Crippen LogP contribution in [0.1, 0.15) is 29.9 Å². The molecule has 116 valence electrons. The first-order valence-corrected chi connectivity index (χ1v) is 7.57. The smallest absolute Gasteiger partial charge is 0.325 e. The summed E-state index contributed by atoms with van der Waals surface area (Å²) >= 11 is 1.31. The summed E-state index contributed by atoms with van der Waals surface area (Å²) in [7, 11) is 1.28. The number of thiophene rings is 1. The molecule has 1 unspecified atom stereocenters. The first kappa shape index (κ1) is 17.2. The maximum absolute atomic E-state index is 12.3. The van der Waals surface area contributed by atoms with E-state index >= 15 is 0 Å². The molecule has 0 saturated carbocycles. The van der Waals surface area contributed by atoms with Crippen LogP contribution in [0, 0.1) is 0 Å². The zero-order valence-corrected chi connectivity index (χ0v) is 13.2. The van der Waals surface area contributed by atoms with Gasteiger partial charge in [-0.1, -0.05) is 13.0 Å². The number of methoxy groups -OCH3 is 1. The molecule has 1 atom stereocenters. The Labute approximate surface area is 128 Å². The molecule has 2 amide bonds. The summed E-state index contributed by atoms with van der Waals surface area (Å²) in [6, 6.07) is 2.76. The monoisotopic (exact) mass is 312 g/mol. The Hall–Kier alpha value is -1.89.